The lowest BCUT2D eigenvalue weighted by Crippen LogP contribution is -2.14. The van der Waals surface area contributed by atoms with E-state index in [1.807, 2.05) is 13.1 Å². The Kier molecular flexibility index (Phi) is 3.49. The number of hydrogen-bond donors (Lipinski definition) is 2. The number of anilines is 2. The Morgan fingerprint density at radius 3 is 2.69 bits per heavy atom. The van der Waals surface area contributed by atoms with E-state index >= 15 is 0 Å². The van der Waals surface area contributed by atoms with Gasteiger partial charge in [0.1, 0.15) is 18.0 Å². The van der Waals surface area contributed by atoms with Gasteiger partial charge < -0.3 is 10.6 Å². The van der Waals surface area contributed by atoms with E-state index in [9.17, 15) is 0 Å². The molecule has 13 heavy (non-hydrogen) atoms. The predicted molar refractivity (Wildman–Crippen MR) is 55.0 cm³/mol. The summed E-state index contributed by atoms with van der Waals surface area (Å²) >= 11 is 0. The summed E-state index contributed by atoms with van der Waals surface area (Å²) in [5.74, 6) is 1.70. The van der Waals surface area contributed by atoms with E-state index in [0.717, 1.165) is 18.1 Å². The largest absolute Gasteiger partial charge is 0.373 e. The van der Waals surface area contributed by atoms with Crippen molar-refractivity contribution in [3.63, 3.8) is 0 Å². The molecule has 1 atom stereocenters. The molecule has 0 fully saturated rings. The predicted octanol–water partition coefficient (Wildman–Crippen LogP) is 1.73. The molecule has 0 aliphatic carbocycles. The van der Waals surface area contributed by atoms with Crippen LogP contribution in [0.2, 0.25) is 0 Å². The van der Waals surface area contributed by atoms with Gasteiger partial charge in [0, 0.05) is 19.2 Å². The molecule has 1 aromatic heterocycles. The third kappa shape index (κ3) is 2.89. The molecule has 4 heteroatoms. The van der Waals surface area contributed by atoms with Crippen LogP contribution in [0.4, 0.5) is 11.6 Å². The summed E-state index contributed by atoms with van der Waals surface area (Å²) in [7, 11) is 1.84. The van der Waals surface area contributed by atoms with Gasteiger partial charge in [0.15, 0.2) is 0 Å². The fourth-order valence-electron chi connectivity index (χ4n) is 0.927. The third-order valence-corrected chi connectivity index (χ3v) is 1.93. The summed E-state index contributed by atoms with van der Waals surface area (Å²) in [5, 5.41) is 6.24. The van der Waals surface area contributed by atoms with Crippen LogP contribution in [0.15, 0.2) is 12.4 Å². The molecule has 0 aliphatic heterocycles. The van der Waals surface area contributed by atoms with Gasteiger partial charge in [-0.3, -0.25) is 0 Å². The maximum Gasteiger partial charge on any atom is 0.131 e. The SMILES string of the molecule is CCC(C)Nc1cc(NC)ncn1. The molecule has 1 rings (SSSR count). The molecule has 1 aromatic rings. The quantitative estimate of drug-likeness (QED) is 0.741. The highest BCUT2D eigenvalue weighted by atomic mass is 15.1. The van der Waals surface area contributed by atoms with Crippen LogP contribution in [0, 0.1) is 0 Å². The first-order valence-electron chi connectivity index (χ1n) is 4.52. The molecular formula is C9H16N4. The van der Waals surface area contributed by atoms with Crippen LogP contribution in [-0.4, -0.2) is 23.1 Å². The molecule has 0 spiro atoms. The van der Waals surface area contributed by atoms with Crippen molar-refractivity contribution in [2.75, 3.05) is 17.7 Å². The fraction of sp³-hybridized carbons (Fsp3) is 0.556. The van der Waals surface area contributed by atoms with Gasteiger partial charge in [-0.15, -0.1) is 0 Å². The normalized spacial score (nSPS) is 12.2. The first kappa shape index (κ1) is 9.77. The van der Waals surface area contributed by atoms with Gasteiger partial charge in [0.2, 0.25) is 0 Å². The van der Waals surface area contributed by atoms with Gasteiger partial charge in [-0.25, -0.2) is 9.97 Å². The lowest BCUT2D eigenvalue weighted by atomic mass is 10.2. The lowest BCUT2D eigenvalue weighted by Gasteiger charge is -2.11. The van der Waals surface area contributed by atoms with E-state index in [-0.39, 0.29) is 0 Å². The summed E-state index contributed by atoms with van der Waals surface area (Å²) in [6.07, 6.45) is 2.63. The molecule has 72 valence electrons. The van der Waals surface area contributed by atoms with Crippen molar-refractivity contribution in [1.82, 2.24) is 9.97 Å². The zero-order valence-corrected chi connectivity index (χ0v) is 8.33. The minimum atomic E-state index is 0.444. The molecule has 0 amide bonds. The summed E-state index contributed by atoms with van der Waals surface area (Å²) in [4.78, 5) is 8.14. The highest BCUT2D eigenvalue weighted by molar-refractivity contribution is 5.46. The van der Waals surface area contributed by atoms with Gasteiger partial charge in [-0.1, -0.05) is 6.92 Å². The van der Waals surface area contributed by atoms with E-state index in [1.165, 1.54) is 0 Å². The van der Waals surface area contributed by atoms with Crippen LogP contribution in [0.1, 0.15) is 20.3 Å². The summed E-state index contributed by atoms with van der Waals surface area (Å²) in [6, 6.07) is 2.34. The lowest BCUT2D eigenvalue weighted by molar-refractivity contribution is 0.758. The van der Waals surface area contributed by atoms with Crippen LogP contribution in [0.3, 0.4) is 0 Å². The smallest absolute Gasteiger partial charge is 0.131 e. The Morgan fingerprint density at radius 2 is 2.08 bits per heavy atom. The molecular weight excluding hydrogens is 164 g/mol. The van der Waals surface area contributed by atoms with E-state index in [2.05, 4.69) is 34.4 Å². The highest BCUT2D eigenvalue weighted by Crippen LogP contribution is 2.09. The second-order valence-electron chi connectivity index (χ2n) is 2.99. The van der Waals surface area contributed by atoms with E-state index in [1.54, 1.807) is 6.33 Å². The van der Waals surface area contributed by atoms with Gasteiger partial charge >= 0.3 is 0 Å². The third-order valence-electron chi connectivity index (χ3n) is 1.93. The Morgan fingerprint density at radius 1 is 1.38 bits per heavy atom. The van der Waals surface area contributed by atoms with Crippen molar-refractivity contribution in [1.29, 1.82) is 0 Å². The number of nitrogens with zero attached hydrogens (tertiary/aromatic N) is 2. The summed E-state index contributed by atoms with van der Waals surface area (Å²) < 4.78 is 0. The Hall–Kier alpha value is -1.32. The van der Waals surface area contributed by atoms with Crippen molar-refractivity contribution in [2.24, 2.45) is 0 Å². The standard InChI is InChI=1S/C9H16N4/c1-4-7(2)13-9-5-8(10-3)11-6-12-9/h5-7H,4H2,1-3H3,(H2,10,11,12,13). The van der Waals surface area contributed by atoms with Gasteiger partial charge in [-0.05, 0) is 13.3 Å². The Labute approximate surface area is 78.8 Å². The molecule has 0 saturated carbocycles. The second-order valence-corrected chi connectivity index (χ2v) is 2.99. The zero-order chi connectivity index (χ0) is 9.68. The summed E-state index contributed by atoms with van der Waals surface area (Å²) in [5.41, 5.74) is 0. The maximum absolute atomic E-state index is 4.11. The molecule has 4 nitrogen and oxygen atoms in total. The van der Waals surface area contributed by atoms with Gasteiger partial charge in [-0.2, -0.15) is 0 Å². The molecule has 2 N–H and O–H groups in total. The van der Waals surface area contributed by atoms with Crippen molar-refractivity contribution < 1.29 is 0 Å². The second kappa shape index (κ2) is 4.64. The maximum atomic E-state index is 4.11. The average Bonchev–Trinajstić information content (AvgIpc) is 2.18. The molecule has 1 heterocycles. The number of rotatable bonds is 4. The monoisotopic (exact) mass is 180 g/mol. The minimum Gasteiger partial charge on any atom is -0.373 e. The number of hydrogen-bond acceptors (Lipinski definition) is 4. The molecule has 0 radical (unpaired) electrons. The van der Waals surface area contributed by atoms with Crippen molar-refractivity contribution in [3.05, 3.63) is 12.4 Å². The van der Waals surface area contributed by atoms with Crippen molar-refractivity contribution in [3.8, 4) is 0 Å². The molecule has 0 aromatic carbocycles. The highest BCUT2D eigenvalue weighted by Gasteiger charge is 2.00. The topological polar surface area (TPSA) is 49.8 Å². The fourth-order valence-corrected chi connectivity index (χ4v) is 0.927. The van der Waals surface area contributed by atoms with E-state index in [4.69, 9.17) is 0 Å². The van der Waals surface area contributed by atoms with Gasteiger partial charge in [0.25, 0.3) is 0 Å². The van der Waals surface area contributed by atoms with Crippen molar-refractivity contribution >= 4 is 11.6 Å². The first-order valence-corrected chi connectivity index (χ1v) is 4.52. The number of aromatic nitrogens is 2. The van der Waals surface area contributed by atoms with E-state index < -0.39 is 0 Å². The average molecular weight is 180 g/mol. The summed E-state index contributed by atoms with van der Waals surface area (Å²) in [6.45, 7) is 4.26. The Bertz CT molecular complexity index is 262. The van der Waals surface area contributed by atoms with Crippen LogP contribution >= 0.6 is 0 Å². The number of nitrogens with one attached hydrogen (secondary N) is 2. The Balaban J connectivity index is 2.66. The first-order chi connectivity index (χ1) is 6.26. The van der Waals surface area contributed by atoms with E-state index in [0.29, 0.717) is 6.04 Å². The molecule has 1 unspecified atom stereocenters. The zero-order valence-electron chi connectivity index (χ0n) is 8.33. The minimum absolute atomic E-state index is 0.444. The van der Waals surface area contributed by atoms with Crippen LogP contribution < -0.4 is 10.6 Å². The van der Waals surface area contributed by atoms with Gasteiger partial charge in [0.05, 0.1) is 0 Å². The van der Waals surface area contributed by atoms with Crippen LogP contribution in [0.25, 0.3) is 0 Å². The van der Waals surface area contributed by atoms with Crippen LogP contribution in [-0.2, 0) is 0 Å². The van der Waals surface area contributed by atoms with Crippen LogP contribution in [0.5, 0.6) is 0 Å². The van der Waals surface area contributed by atoms with Crippen molar-refractivity contribution in [2.45, 2.75) is 26.3 Å². The molecule has 0 aliphatic rings. The molecule has 0 saturated heterocycles. The molecule has 0 bridgehead atoms.